The SMILES string of the molecule is CN=C(NCc1ccccn1)NCc1ccc(F)cc1CSC. The van der Waals surface area contributed by atoms with Gasteiger partial charge in [-0.05, 0) is 41.6 Å². The zero-order valence-electron chi connectivity index (χ0n) is 13.3. The van der Waals surface area contributed by atoms with E-state index in [1.54, 1.807) is 31.1 Å². The first kappa shape index (κ1) is 17.3. The Bertz CT molecular complexity index is 646. The Labute approximate surface area is 140 Å². The van der Waals surface area contributed by atoms with E-state index in [4.69, 9.17) is 0 Å². The third-order valence-corrected chi connectivity index (χ3v) is 3.90. The molecule has 0 saturated heterocycles. The summed E-state index contributed by atoms with van der Waals surface area (Å²) in [7, 11) is 1.72. The highest BCUT2D eigenvalue weighted by atomic mass is 32.2. The fraction of sp³-hybridized carbons (Fsp3) is 0.294. The number of rotatable bonds is 6. The second-order valence-corrected chi connectivity index (χ2v) is 5.81. The Balaban J connectivity index is 1.93. The number of aliphatic imine (C=N–C) groups is 1. The first-order valence-corrected chi connectivity index (χ1v) is 8.73. The fourth-order valence-electron chi connectivity index (χ4n) is 2.13. The van der Waals surface area contributed by atoms with Gasteiger partial charge in [-0.25, -0.2) is 4.39 Å². The van der Waals surface area contributed by atoms with Crippen molar-refractivity contribution in [2.45, 2.75) is 18.8 Å². The number of hydrogen-bond acceptors (Lipinski definition) is 3. The minimum Gasteiger partial charge on any atom is -0.352 e. The zero-order chi connectivity index (χ0) is 16.5. The highest BCUT2D eigenvalue weighted by Crippen LogP contribution is 2.16. The number of nitrogens with one attached hydrogen (secondary N) is 2. The van der Waals surface area contributed by atoms with Gasteiger partial charge in [-0.1, -0.05) is 12.1 Å². The van der Waals surface area contributed by atoms with Crippen molar-refractivity contribution in [2.75, 3.05) is 13.3 Å². The van der Waals surface area contributed by atoms with Gasteiger partial charge < -0.3 is 10.6 Å². The number of guanidine groups is 1. The molecular formula is C17H21FN4S. The van der Waals surface area contributed by atoms with Crippen LogP contribution in [-0.2, 0) is 18.8 Å². The number of nitrogens with zero attached hydrogens (tertiary/aromatic N) is 2. The Hall–Kier alpha value is -2.08. The fourth-order valence-corrected chi connectivity index (χ4v) is 2.71. The zero-order valence-corrected chi connectivity index (χ0v) is 14.2. The predicted octanol–water partition coefficient (Wildman–Crippen LogP) is 2.95. The maximum Gasteiger partial charge on any atom is 0.191 e. The summed E-state index contributed by atoms with van der Waals surface area (Å²) in [5.74, 6) is 1.28. The van der Waals surface area contributed by atoms with Gasteiger partial charge in [-0.15, -0.1) is 0 Å². The first-order valence-electron chi connectivity index (χ1n) is 7.33. The van der Waals surface area contributed by atoms with Crippen LogP contribution in [0.5, 0.6) is 0 Å². The number of pyridine rings is 1. The highest BCUT2D eigenvalue weighted by molar-refractivity contribution is 7.97. The molecule has 1 aromatic heterocycles. The molecule has 0 aliphatic carbocycles. The van der Waals surface area contributed by atoms with Gasteiger partial charge in [0.05, 0.1) is 12.2 Å². The van der Waals surface area contributed by atoms with Gasteiger partial charge >= 0.3 is 0 Å². The van der Waals surface area contributed by atoms with Crippen LogP contribution in [0.25, 0.3) is 0 Å². The largest absolute Gasteiger partial charge is 0.352 e. The van der Waals surface area contributed by atoms with E-state index < -0.39 is 0 Å². The predicted molar refractivity (Wildman–Crippen MR) is 94.9 cm³/mol. The van der Waals surface area contributed by atoms with Gasteiger partial charge in [-0.3, -0.25) is 9.98 Å². The molecule has 0 aliphatic heterocycles. The molecule has 0 radical (unpaired) electrons. The number of benzene rings is 1. The van der Waals surface area contributed by atoms with E-state index >= 15 is 0 Å². The van der Waals surface area contributed by atoms with Crippen molar-refractivity contribution in [1.82, 2.24) is 15.6 Å². The van der Waals surface area contributed by atoms with Crippen molar-refractivity contribution in [3.05, 3.63) is 65.2 Å². The van der Waals surface area contributed by atoms with E-state index in [2.05, 4.69) is 20.6 Å². The van der Waals surface area contributed by atoms with Gasteiger partial charge in [0.15, 0.2) is 5.96 Å². The lowest BCUT2D eigenvalue weighted by Gasteiger charge is -2.14. The molecule has 23 heavy (non-hydrogen) atoms. The van der Waals surface area contributed by atoms with Crippen LogP contribution >= 0.6 is 11.8 Å². The van der Waals surface area contributed by atoms with Crippen LogP contribution < -0.4 is 10.6 Å². The van der Waals surface area contributed by atoms with E-state index in [0.29, 0.717) is 19.0 Å². The summed E-state index contributed by atoms with van der Waals surface area (Å²) in [6, 6.07) is 10.7. The Morgan fingerprint density at radius 1 is 1.17 bits per heavy atom. The Morgan fingerprint density at radius 2 is 2.00 bits per heavy atom. The average molecular weight is 332 g/mol. The van der Waals surface area contributed by atoms with Crippen LogP contribution in [0.3, 0.4) is 0 Å². The van der Waals surface area contributed by atoms with E-state index in [9.17, 15) is 4.39 Å². The molecule has 4 nitrogen and oxygen atoms in total. The van der Waals surface area contributed by atoms with E-state index in [0.717, 1.165) is 22.6 Å². The van der Waals surface area contributed by atoms with E-state index in [-0.39, 0.29) is 5.82 Å². The Kier molecular flexibility index (Phi) is 6.87. The molecule has 0 amide bonds. The second-order valence-electron chi connectivity index (χ2n) is 4.95. The van der Waals surface area contributed by atoms with Crippen molar-refractivity contribution < 1.29 is 4.39 Å². The summed E-state index contributed by atoms with van der Waals surface area (Å²) in [6.45, 7) is 1.19. The lowest BCUT2D eigenvalue weighted by Crippen LogP contribution is -2.36. The van der Waals surface area contributed by atoms with Gasteiger partial charge in [0.2, 0.25) is 0 Å². The van der Waals surface area contributed by atoms with E-state index in [1.165, 1.54) is 6.07 Å². The molecule has 1 aromatic carbocycles. The van der Waals surface area contributed by atoms with Gasteiger partial charge in [-0.2, -0.15) is 11.8 Å². The van der Waals surface area contributed by atoms with Crippen LogP contribution in [0.15, 0.2) is 47.6 Å². The van der Waals surface area contributed by atoms with Gasteiger partial charge in [0, 0.05) is 25.5 Å². The molecule has 2 N–H and O–H groups in total. The van der Waals surface area contributed by atoms with Crippen molar-refractivity contribution >= 4 is 17.7 Å². The highest BCUT2D eigenvalue weighted by Gasteiger charge is 2.05. The third-order valence-electron chi connectivity index (χ3n) is 3.30. The first-order chi connectivity index (χ1) is 11.2. The standard InChI is InChI=1S/C17H21FN4S/c1-19-17(22-11-16-5-3-4-8-20-16)21-10-13-6-7-15(18)9-14(13)12-23-2/h3-9H,10-12H2,1-2H3,(H2,19,21,22). The lowest BCUT2D eigenvalue weighted by molar-refractivity contribution is 0.625. The maximum absolute atomic E-state index is 13.4. The molecule has 6 heteroatoms. The van der Waals surface area contributed by atoms with Crippen molar-refractivity contribution in [1.29, 1.82) is 0 Å². The topological polar surface area (TPSA) is 49.3 Å². The second kappa shape index (κ2) is 9.15. The number of halogens is 1. The van der Waals surface area contributed by atoms with Crippen LogP contribution in [-0.4, -0.2) is 24.2 Å². The van der Waals surface area contributed by atoms with Crippen LogP contribution in [0.2, 0.25) is 0 Å². The molecular weight excluding hydrogens is 311 g/mol. The summed E-state index contributed by atoms with van der Waals surface area (Å²) >= 11 is 1.68. The lowest BCUT2D eigenvalue weighted by atomic mass is 10.1. The molecule has 2 rings (SSSR count). The molecule has 1 heterocycles. The number of aromatic nitrogens is 1. The molecule has 0 aliphatic rings. The van der Waals surface area contributed by atoms with Crippen LogP contribution in [0.1, 0.15) is 16.8 Å². The smallest absolute Gasteiger partial charge is 0.191 e. The summed E-state index contributed by atoms with van der Waals surface area (Å²) in [5.41, 5.74) is 3.02. The average Bonchev–Trinajstić information content (AvgIpc) is 2.58. The molecule has 122 valence electrons. The molecule has 0 bridgehead atoms. The summed E-state index contributed by atoms with van der Waals surface area (Å²) in [4.78, 5) is 8.46. The van der Waals surface area contributed by atoms with Crippen LogP contribution in [0, 0.1) is 5.82 Å². The monoisotopic (exact) mass is 332 g/mol. The molecule has 0 fully saturated rings. The molecule has 0 unspecified atom stereocenters. The van der Waals surface area contributed by atoms with E-state index in [1.807, 2.05) is 30.5 Å². The van der Waals surface area contributed by atoms with Gasteiger partial charge in [0.25, 0.3) is 0 Å². The van der Waals surface area contributed by atoms with Crippen molar-refractivity contribution in [2.24, 2.45) is 4.99 Å². The molecule has 0 atom stereocenters. The third kappa shape index (κ3) is 5.56. The van der Waals surface area contributed by atoms with Gasteiger partial charge in [0.1, 0.15) is 5.82 Å². The summed E-state index contributed by atoms with van der Waals surface area (Å²) in [5, 5.41) is 6.47. The normalized spacial score (nSPS) is 11.3. The summed E-state index contributed by atoms with van der Waals surface area (Å²) in [6.07, 6.45) is 3.77. The maximum atomic E-state index is 13.4. The molecule has 2 aromatic rings. The number of hydrogen-bond donors (Lipinski definition) is 2. The quantitative estimate of drug-likeness (QED) is 0.631. The minimum absolute atomic E-state index is 0.199. The minimum atomic E-state index is -0.199. The Morgan fingerprint density at radius 3 is 2.70 bits per heavy atom. The van der Waals surface area contributed by atoms with Crippen LogP contribution in [0.4, 0.5) is 4.39 Å². The van der Waals surface area contributed by atoms with Crippen molar-refractivity contribution in [3.63, 3.8) is 0 Å². The number of thioether (sulfide) groups is 1. The van der Waals surface area contributed by atoms with Crippen molar-refractivity contribution in [3.8, 4) is 0 Å². The molecule has 0 saturated carbocycles. The summed E-state index contributed by atoms with van der Waals surface area (Å²) < 4.78 is 13.4. The molecule has 0 spiro atoms.